The normalized spacial score (nSPS) is 18.7. The lowest BCUT2D eigenvalue weighted by Gasteiger charge is -2.26. The van der Waals surface area contributed by atoms with Crippen molar-refractivity contribution >= 4 is 33.5 Å². The molecule has 1 unspecified atom stereocenters. The standard InChI is InChI=1S/C27H32N4O4S2/c1-18-7-8-25-21(13-18)15-26(36-25)27(32)29-28-17-22-14-19(2)31(20(22)3)23-5-4-6-24(16-23)37(33,34)30-9-11-35-12-10-30/h4-6,14-18H,7-13H2,1-3H3,(H,29,32)/b28-17+. The van der Waals surface area contributed by atoms with E-state index in [1.807, 2.05) is 36.6 Å². The molecular weight excluding hydrogens is 508 g/mol. The largest absolute Gasteiger partial charge is 0.379 e. The van der Waals surface area contributed by atoms with Crippen LogP contribution in [0.2, 0.25) is 0 Å². The minimum absolute atomic E-state index is 0.196. The summed E-state index contributed by atoms with van der Waals surface area (Å²) in [6.07, 6.45) is 4.88. The van der Waals surface area contributed by atoms with Crippen LogP contribution in [0.3, 0.4) is 0 Å². The fourth-order valence-electron chi connectivity index (χ4n) is 5.07. The van der Waals surface area contributed by atoms with Gasteiger partial charge in [-0.15, -0.1) is 11.3 Å². The van der Waals surface area contributed by atoms with E-state index >= 15 is 0 Å². The highest BCUT2D eigenvalue weighted by Gasteiger charge is 2.27. The number of sulfonamides is 1. The molecule has 5 rings (SSSR count). The monoisotopic (exact) mass is 540 g/mol. The van der Waals surface area contributed by atoms with Gasteiger partial charge in [0.05, 0.1) is 29.2 Å². The number of amides is 1. The molecule has 0 radical (unpaired) electrons. The Hall–Kier alpha value is -2.79. The molecule has 1 atom stereocenters. The fraction of sp³-hybridized carbons (Fsp3) is 0.407. The fourth-order valence-corrected chi connectivity index (χ4v) is 7.61. The molecule has 3 heterocycles. The summed E-state index contributed by atoms with van der Waals surface area (Å²) >= 11 is 1.56. The van der Waals surface area contributed by atoms with E-state index in [-0.39, 0.29) is 10.8 Å². The summed E-state index contributed by atoms with van der Waals surface area (Å²) in [5.41, 5.74) is 7.39. The van der Waals surface area contributed by atoms with Crippen molar-refractivity contribution in [3.8, 4) is 5.69 Å². The predicted octanol–water partition coefficient (Wildman–Crippen LogP) is 4.07. The molecule has 0 saturated carbocycles. The van der Waals surface area contributed by atoms with E-state index in [9.17, 15) is 13.2 Å². The number of benzene rings is 1. The zero-order chi connectivity index (χ0) is 26.2. The average molecular weight is 541 g/mol. The maximum Gasteiger partial charge on any atom is 0.281 e. The van der Waals surface area contributed by atoms with Gasteiger partial charge in [0.15, 0.2) is 0 Å². The molecule has 196 valence electrons. The number of rotatable bonds is 6. The van der Waals surface area contributed by atoms with Gasteiger partial charge in [-0.25, -0.2) is 13.8 Å². The highest BCUT2D eigenvalue weighted by Crippen LogP contribution is 2.32. The summed E-state index contributed by atoms with van der Waals surface area (Å²) in [7, 11) is -3.60. The van der Waals surface area contributed by atoms with Crippen LogP contribution in [-0.4, -0.2) is 55.7 Å². The summed E-state index contributed by atoms with van der Waals surface area (Å²) in [5.74, 6) is 0.463. The summed E-state index contributed by atoms with van der Waals surface area (Å²) in [6.45, 7) is 7.68. The minimum Gasteiger partial charge on any atom is -0.379 e. The van der Waals surface area contributed by atoms with Crippen molar-refractivity contribution in [1.29, 1.82) is 0 Å². The molecule has 2 aromatic heterocycles. The van der Waals surface area contributed by atoms with Crippen molar-refractivity contribution in [2.75, 3.05) is 26.3 Å². The first-order valence-electron chi connectivity index (χ1n) is 12.6. The van der Waals surface area contributed by atoms with Gasteiger partial charge in [0.25, 0.3) is 5.91 Å². The lowest BCUT2D eigenvalue weighted by atomic mass is 9.90. The van der Waals surface area contributed by atoms with Crippen molar-refractivity contribution in [2.24, 2.45) is 11.0 Å². The highest BCUT2D eigenvalue weighted by molar-refractivity contribution is 7.89. The van der Waals surface area contributed by atoms with E-state index in [0.717, 1.165) is 35.5 Å². The lowest BCUT2D eigenvalue weighted by Crippen LogP contribution is -2.40. The molecule has 0 bridgehead atoms. The Balaban J connectivity index is 1.33. The van der Waals surface area contributed by atoms with Crippen LogP contribution in [0, 0.1) is 19.8 Å². The van der Waals surface area contributed by atoms with Crippen LogP contribution >= 0.6 is 11.3 Å². The number of hydrogen-bond acceptors (Lipinski definition) is 6. The number of carbonyl (C=O) groups is 1. The Bertz CT molecular complexity index is 1450. The first-order chi connectivity index (χ1) is 17.7. The quantitative estimate of drug-likeness (QED) is 0.377. The van der Waals surface area contributed by atoms with Gasteiger partial charge in [-0.05, 0) is 74.9 Å². The van der Waals surface area contributed by atoms with Gasteiger partial charge >= 0.3 is 0 Å². The van der Waals surface area contributed by atoms with Gasteiger partial charge in [-0.2, -0.15) is 9.41 Å². The number of nitrogens with one attached hydrogen (secondary N) is 1. The van der Waals surface area contributed by atoms with Crippen molar-refractivity contribution in [2.45, 2.75) is 44.9 Å². The van der Waals surface area contributed by atoms with Crippen molar-refractivity contribution in [3.63, 3.8) is 0 Å². The minimum atomic E-state index is -3.60. The highest BCUT2D eigenvalue weighted by atomic mass is 32.2. The summed E-state index contributed by atoms with van der Waals surface area (Å²) in [5, 5.41) is 4.22. The molecule has 1 aliphatic carbocycles. The number of hydrazone groups is 1. The molecule has 1 fully saturated rings. The number of fused-ring (bicyclic) bond motifs is 1. The maximum atomic E-state index is 13.1. The third-order valence-electron chi connectivity index (χ3n) is 7.08. The van der Waals surface area contributed by atoms with Gasteiger partial charge in [0, 0.05) is 40.6 Å². The maximum absolute atomic E-state index is 13.1. The third-order valence-corrected chi connectivity index (χ3v) is 10.2. The summed E-state index contributed by atoms with van der Waals surface area (Å²) in [6, 6.07) is 11.0. The summed E-state index contributed by atoms with van der Waals surface area (Å²) in [4.78, 5) is 15.0. The number of ether oxygens (including phenoxy) is 1. The first kappa shape index (κ1) is 25.8. The second kappa shape index (κ2) is 10.5. The van der Waals surface area contributed by atoms with Crippen LogP contribution in [0.5, 0.6) is 0 Å². The third kappa shape index (κ3) is 5.29. The molecule has 0 spiro atoms. The van der Waals surface area contributed by atoms with Gasteiger partial charge in [-0.3, -0.25) is 4.79 Å². The van der Waals surface area contributed by atoms with Gasteiger partial charge in [-0.1, -0.05) is 13.0 Å². The van der Waals surface area contributed by atoms with Gasteiger partial charge in [0.1, 0.15) is 0 Å². The zero-order valence-corrected chi connectivity index (χ0v) is 23.0. The molecular formula is C27H32N4O4S2. The number of aryl methyl sites for hydroxylation is 2. The van der Waals surface area contributed by atoms with Crippen molar-refractivity contribution in [3.05, 3.63) is 68.7 Å². The van der Waals surface area contributed by atoms with Crippen LogP contribution in [0.15, 0.2) is 46.4 Å². The van der Waals surface area contributed by atoms with E-state index in [0.29, 0.717) is 37.1 Å². The van der Waals surface area contributed by atoms with Gasteiger partial charge < -0.3 is 9.30 Å². The number of thiophene rings is 1. The lowest BCUT2D eigenvalue weighted by molar-refractivity contribution is 0.0730. The van der Waals surface area contributed by atoms with E-state index < -0.39 is 10.0 Å². The number of hydrogen-bond donors (Lipinski definition) is 1. The number of carbonyl (C=O) groups excluding carboxylic acids is 1. The molecule has 8 nitrogen and oxygen atoms in total. The smallest absolute Gasteiger partial charge is 0.281 e. The van der Waals surface area contributed by atoms with Crippen LogP contribution in [0.25, 0.3) is 5.69 Å². The van der Waals surface area contributed by atoms with Gasteiger partial charge in [0.2, 0.25) is 10.0 Å². The SMILES string of the molecule is Cc1cc(/C=N/NC(=O)c2cc3c(s2)CCC(C)C3)c(C)n1-c1cccc(S(=O)(=O)N2CCOCC2)c1. The van der Waals surface area contributed by atoms with Crippen LogP contribution in [-0.2, 0) is 27.6 Å². The Kier molecular flexibility index (Phi) is 7.35. The number of aromatic nitrogens is 1. The Morgan fingerprint density at radius 3 is 2.76 bits per heavy atom. The predicted molar refractivity (Wildman–Crippen MR) is 145 cm³/mol. The van der Waals surface area contributed by atoms with Crippen molar-refractivity contribution < 1.29 is 17.9 Å². The molecule has 3 aromatic rings. The Morgan fingerprint density at radius 1 is 1.19 bits per heavy atom. The summed E-state index contributed by atoms with van der Waals surface area (Å²) < 4.78 is 35.1. The molecule has 1 aliphatic heterocycles. The molecule has 1 saturated heterocycles. The van der Waals surface area contributed by atoms with Crippen molar-refractivity contribution in [1.82, 2.24) is 14.3 Å². The zero-order valence-electron chi connectivity index (χ0n) is 21.4. The van der Waals surface area contributed by atoms with E-state index in [1.165, 1.54) is 21.2 Å². The molecule has 37 heavy (non-hydrogen) atoms. The number of morpholine rings is 1. The molecule has 10 heteroatoms. The van der Waals surface area contributed by atoms with E-state index in [2.05, 4.69) is 17.5 Å². The Morgan fingerprint density at radius 2 is 1.97 bits per heavy atom. The van der Waals surface area contributed by atoms with Crippen LogP contribution in [0.4, 0.5) is 0 Å². The molecule has 1 aromatic carbocycles. The van der Waals surface area contributed by atoms with Crippen LogP contribution in [0.1, 0.15) is 50.4 Å². The second-order valence-corrected chi connectivity index (χ2v) is 12.9. The van der Waals surface area contributed by atoms with Crippen LogP contribution < -0.4 is 5.43 Å². The van der Waals surface area contributed by atoms with E-state index in [4.69, 9.17) is 4.74 Å². The first-order valence-corrected chi connectivity index (χ1v) is 14.8. The molecule has 1 amide bonds. The second-order valence-electron chi connectivity index (χ2n) is 9.78. The van der Waals surface area contributed by atoms with E-state index in [1.54, 1.807) is 35.8 Å². The average Bonchev–Trinajstić information content (AvgIpc) is 3.44. The Labute approximate surface area is 222 Å². The number of nitrogens with zero attached hydrogens (tertiary/aromatic N) is 3. The molecule has 1 N–H and O–H groups in total. The topological polar surface area (TPSA) is 93.0 Å². The molecule has 2 aliphatic rings.